The molecule has 4 heterocycles. The van der Waals surface area contributed by atoms with Gasteiger partial charge in [-0.2, -0.15) is 15.5 Å². The lowest BCUT2D eigenvalue weighted by Gasteiger charge is -2.38. The molecule has 0 spiro atoms. The number of benzene rings is 6. The van der Waals surface area contributed by atoms with Gasteiger partial charge >= 0.3 is 5.97 Å². The van der Waals surface area contributed by atoms with E-state index in [9.17, 15) is 10.1 Å². The van der Waals surface area contributed by atoms with Gasteiger partial charge < -0.3 is 16.2 Å². The Kier molecular flexibility index (Phi) is 9.99. The average molecular weight is 864 g/mol. The van der Waals surface area contributed by atoms with Crippen molar-refractivity contribution in [2.24, 2.45) is 11.5 Å². The number of nitriles is 1. The maximum absolute atomic E-state index is 12.3. The molecule has 12 rings (SSSR count). The first-order valence-corrected chi connectivity index (χ1v) is 22.3. The molecule has 322 valence electrons. The second kappa shape index (κ2) is 16.2. The van der Waals surface area contributed by atoms with Gasteiger partial charge in [-0.15, -0.1) is 0 Å². The van der Waals surface area contributed by atoms with Gasteiger partial charge in [0.05, 0.1) is 29.6 Å². The van der Waals surface area contributed by atoms with Crippen LogP contribution in [0.15, 0.2) is 158 Å². The van der Waals surface area contributed by atoms with Crippen LogP contribution in [-0.4, -0.2) is 42.3 Å². The van der Waals surface area contributed by atoms with Gasteiger partial charge in [-0.1, -0.05) is 121 Å². The summed E-state index contributed by atoms with van der Waals surface area (Å²) in [5, 5.41) is 20.6. The van der Waals surface area contributed by atoms with E-state index in [-0.39, 0.29) is 11.1 Å². The quantitative estimate of drug-likeness (QED) is 0.148. The van der Waals surface area contributed by atoms with Crippen molar-refractivity contribution in [3.05, 3.63) is 180 Å². The summed E-state index contributed by atoms with van der Waals surface area (Å²) in [7, 11) is 1.37. The normalized spacial score (nSPS) is 14.8. The van der Waals surface area contributed by atoms with Crippen LogP contribution in [0.3, 0.4) is 0 Å². The molecule has 11 nitrogen and oxygen atoms in total. The number of fused-ring (bicyclic) bond motifs is 6. The van der Waals surface area contributed by atoms with E-state index < -0.39 is 5.97 Å². The van der Waals surface area contributed by atoms with E-state index in [0.29, 0.717) is 27.8 Å². The molecule has 4 N–H and O–H groups in total. The number of hydrogen-bond donors (Lipinski definition) is 2. The number of hydrogen-bond acceptors (Lipinski definition) is 9. The van der Waals surface area contributed by atoms with Crippen molar-refractivity contribution in [1.82, 2.24) is 29.2 Å². The zero-order chi connectivity index (χ0) is 45.0. The van der Waals surface area contributed by atoms with Crippen LogP contribution in [0.5, 0.6) is 0 Å². The third kappa shape index (κ3) is 6.95. The van der Waals surface area contributed by atoms with E-state index in [1.165, 1.54) is 31.1 Å². The summed E-state index contributed by atoms with van der Waals surface area (Å²) < 4.78 is 8.50. The molecule has 11 heteroatoms. The van der Waals surface area contributed by atoms with E-state index in [1.807, 2.05) is 73.1 Å². The molecule has 6 aromatic carbocycles. The Bertz CT molecular complexity index is 3510. The number of methoxy groups -OCH3 is 1. The molecule has 2 aliphatic rings. The van der Waals surface area contributed by atoms with Gasteiger partial charge in [-0.3, -0.25) is 0 Å². The molecule has 66 heavy (non-hydrogen) atoms. The average Bonchev–Trinajstić information content (AvgIpc) is 3.92. The van der Waals surface area contributed by atoms with Gasteiger partial charge in [-0.05, 0) is 85.0 Å². The maximum Gasteiger partial charge on any atom is 0.340 e. The van der Waals surface area contributed by atoms with Gasteiger partial charge in [0.15, 0.2) is 11.3 Å². The zero-order valence-corrected chi connectivity index (χ0v) is 36.4. The second-order valence-electron chi connectivity index (χ2n) is 17.5. The van der Waals surface area contributed by atoms with Crippen LogP contribution in [-0.2, 0) is 15.8 Å². The molecule has 0 saturated heterocycles. The monoisotopic (exact) mass is 863 g/mol. The molecular formula is C55H45N9O2. The third-order valence-corrected chi connectivity index (χ3v) is 13.5. The number of nitrogens with zero attached hydrogens (tertiary/aromatic N) is 7. The number of carbonyl (C=O) groups excluding carboxylic acids is 1. The number of rotatable bonds is 7. The summed E-state index contributed by atoms with van der Waals surface area (Å²) in [5.41, 5.74) is 26.5. The standard InChI is InChI=1S/C28H24N4O2.C27H21N5/c1-34-27(33)22-10-5-9-21-25(22)31-32-17-23(18-7-3-2-4-8-18)24(30-26(21)32)19-11-13-20(14-12-19)28(29)15-6-16-28;28-16-20-8-4-9-22-25(20)31-32-17-23(18-6-2-1-3-7-18)24(30-26(22)32)19-10-12-21(13-11-19)27(29)14-5-15-27/h2-5,7-14,17H,6,15-16,29H2,1H3;1-4,6-13,17H,5,14-15,29H2. The number of nitrogens with two attached hydrogens (primary N) is 2. The van der Waals surface area contributed by atoms with Crippen LogP contribution in [0, 0.1) is 11.3 Å². The Morgan fingerprint density at radius 3 is 1.47 bits per heavy atom. The van der Waals surface area contributed by atoms with Crippen molar-refractivity contribution in [3.8, 4) is 50.8 Å². The van der Waals surface area contributed by atoms with Gasteiger partial charge in [-0.25, -0.2) is 23.8 Å². The third-order valence-electron chi connectivity index (χ3n) is 13.5. The Morgan fingerprint density at radius 2 is 1.03 bits per heavy atom. The maximum atomic E-state index is 12.3. The molecule has 0 atom stereocenters. The lowest BCUT2D eigenvalue weighted by molar-refractivity contribution is 0.0602. The van der Waals surface area contributed by atoms with Gasteiger partial charge in [0, 0.05) is 56.5 Å². The Hall–Kier alpha value is -8.04. The summed E-state index contributed by atoms with van der Waals surface area (Å²) in [4.78, 5) is 22.5. The molecule has 10 aromatic rings. The lowest BCUT2D eigenvalue weighted by atomic mass is 9.72. The fourth-order valence-corrected chi connectivity index (χ4v) is 9.40. The molecule has 2 saturated carbocycles. The fourth-order valence-electron chi connectivity index (χ4n) is 9.40. The van der Waals surface area contributed by atoms with Crippen LogP contribution >= 0.6 is 0 Å². The topological polar surface area (TPSA) is 163 Å². The molecule has 2 aliphatic carbocycles. The van der Waals surface area contributed by atoms with Gasteiger partial charge in [0.25, 0.3) is 0 Å². The van der Waals surface area contributed by atoms with Crippen molar-refractivity contribution in [2.75, 3.05) is 7.11 Å². The van der Waals surface area contributed by atoms with E-state index in [0.717, 1.165) is 86.9 Å². The minimum Gasteiger partial charge on any atom is -0.465 e. The summed E-state index contributed by atoms with van der Waals surface area (Å²) in [6, 6.07) is 50.7. The zero-order valence-electron chi connectivity index (χ0n) is 36.4. The first-order chi connectivity index (χ1) is 32.2. The number of carbonyl (C=O) groups is 1. The van der Waals surface area contributed by atoms with E-state index in [4.69, 9.17) is 31.3 Å². The van der Waals surface area contributed by atoms with Crippen LogP contribution in [0.4, 0.5) is 0 Å². The van der Waals surface area contributed by atoms with E-state index >= 15 is 0 Å². The molecule has 0 radical (unpaired) electrons. The minimum atomic E-state index is -0.417. The van der Waals surface area contributed by atoms with Gasteiger partial charge in [0.2, 0.25) is 0 Å². The van der Waals surface area contributed by atoms with E-state index in [2.05, 4.69) is 84.0 Å². The van der Waals surface area contributed by atoms with Crippen LogP contribution in [0.25, 0.3) is 77.9 Å². The van der Waals surface area contributed by atoms with Crippen LogP contribution in [0.1, 0.15) is 65.6 Å². The largest absolute Gasteiger partial charge is 0.465 e. The predicted molar refractivity (Wildman–Crippen MR) is 258 cm³/mol. The van der Waals surface area contributed by atoms with Crippen molar-refractivity contribution >= 4 is 39.1 Å². The predicted octanol–water partition coefficient (Wildman–Crippen LogP) is 10.8. The first kappa shape index (κ1) is 40.7. The van der Waals surface area contributed by atoms with Crippen LogP contribution < -0.4 is 11.5 Å². The molecule has 4 aromatic heterocycles. The molecular weight excluding hydrogens is 819 g/mol. The molecule has 0 aliphatic heterocycles. The highest BCUT2D eigenvalue weighted by Gasteiger charge is 2.35. The van der Waals surface area contributed by atoms with Crippen molar-refractivity contribution in [1.29, 1.82) is 5.26 Å². The number of ether oxygens (including phenoxy) is 1. The van der Waals surface area contributed by atoms with Crippen molar-refractivity contribution in [3.63, 3.8) is 0 Å². The Morgan fingerprint density at radius 1 is 0.576 bits per heavy atom. The molecule has 0 amide bonds. The highest BCUT2D eigenvalue weighted by atomic mass is 16.5. The minimum absolute atomic E-state index is 0.187. The fraction of sp³-hybridized carbons (Fsp3) is 0.164. The summed E-state index contributed by atoms with van der Waals surface area (Å²) in [5.74, 6) is -0.417. The summed E-state index contributed by atoms with van der Waals surface area (Å²) in [6.07, 6.45) is 10.5. The Balaban J connectivity index is 0.000000146. The van der Waals surface area contributed by atoms with Crippen molar-refractivity contribution < 1.29 is 9.53 Å². The molecule has 2 fully saturated rings. The highest BCUT2D eigenvalue weighted by Crippen LogP contribution is 2.42. The van der Waals surface area contributed by atoms with Gasteiger partial charge in [0.1, 0.15) is 17.1 Å². The summed E-state index contributed by atoms with van der Waals surface area (Å²) >= 11 is 0. The molecule has 0 unspecified atom stereocenters. The SMILES string of the molecule is COC(=O)c1cccc2c1nn1cc(-c3ccccc3)c(-c3ccc(C4(N)CCC4)cc3)nc21.N#Cc1cccc2c1nn1cc(-c3ccccc3)c(-c3ccc(C4(N)CCC4)cc3)nc21. The molecule has 0 bridgehead atoms. The number of esters is 1. The first-order valence-electron chi connectivity index (χ1n) is 22.3. The summed E-state index contributed by atoms with van der Waals surface area (Å²) in [6.45, 7) is 0. The Labute approximate surface area is 380 Å². The van der Waals surface area contributed by atoms with E-state index in [1.54, 1.807) is 21.2 Å². The second-order valence-corrected chi connectivity index (χ2v) is 17.5. The van der Waals surface area contributed by atoms with Crippen molar-refractivity contribution in [2.45, 2.75) is 49.6 Å². The van der Waals surface area contributed by atoms with Crippen LogP contribution in [0.2, 0.25) is 0 Å². The lowest BCUT2D eigenvalue weighted by Crippen LogP contribution is -2.43. The highest BCUT2D eigenvalue weighted by molar-refractivity contribution is 6.07. The smallest absolute Gasteiger partial charge is 0.340 e. The number of aromatic nitrogens is 6.